The molecule has 0 aliphatic carbocycles. The van der Waals surface area contributed by atoms with E-state index in [-0.39, 0.29) is 24.0 Å². The van der Waals surface area contributed by atoms with Gasteiger partial charge in [0.2, 0.25) is 5.89 Å². The Kier molecular flexibility index (Phi) is 9.11. The molecule has 1 aromatic heterocycles. The first-order valence-corrected chi connectivity index (χ1v) is 11.0. The largest absolute Gasteiger partial charge is 0.444 e. The van der Waals surface area contributed by atoms with Crippen LogP contribution in [0.4, 0.5) is 0 Å². The van der Waals surface area contributed by atoms with Crippen LogP contribution < -0.4 is 10.6 Å². The Balaban J connectivity index is 0.00000289. The Morgan fingerprint density at radius 1 is 1.06 bits per heavy atom. The molecule has 0 spiro atoms. The number of nitrogens with zero attached hydrogens (tertiary/aromatic N) is 3. The Bertz CT molecular complexity index is 981. The van der Waals surface area contributed by atoms with Crippen molar-refractivity contribution in [2.24, 2.45) is 4.99 Å². The molecule has 1 aliphatic rings. The third kappa shape index (κ3) is 6.32. The number of hydrogen-bond donors (Lipinski definition) is 2. The zero-order valence-corrected chi connectivity index (χ0v) is 21.1. The molecule has 3 aromatic rings. The molecule has 7 heteroatoms. The van der Waals surface area contributed by atoms with Crippen LogP contribution in [-0.4, -0.2) is 42.5 Å². The van der Waals surface area contributed by atoms with Crippen LogP contribution in [0, 0.1) is 6.92 Å². The molecule has 2 N–H and O–H groups in total. The van der Waals surface area contributed by atoms with Crippen LogP contribution in [0.3, 0.4) is 0 Å². The van der Waals surface area contributed by atoms with Gasteiger partial charge in [-0.25, -0.2) is 4.98 Å². The SMILES string of the molecule is CN=C(NCc1coc(-c2ccc(C)cc2)n1)NCC(c1ccccc1)N1CCCC1.I. The monoisotopic (exact) mass is 545 g/mol. The van der Waals surface area contributed by atoms with Crippen molar-refractivity contribution in [3.8, 4) is 11.5 Å². The van der Waals surface area contributed by atoms with Gasteiger partial charge in [-0.1, -0.05) is 48.0 Å². The average Bonchev–Trinajstić information content (AvgIpc) is 3.50. The van der Waals surface area contributed by atoms with E-state index >= 15 is 0 Å². The van der Waals surface area contributed by atoms with Crippen LogP contribution in [0.1, 0.15) is 35.7 Å². The first kappa shape index (κ1) is 24.3. The minimum absolute atomic E-state index is 0. The van der Waals surface area contributed by atoms with Gasteiger partial charge in [0, 0.05) is 19.2 Å². The molecule has 0 amide bonds. The number of halogens is 1. The summed E-state index contributed by atoms with van der Waals surface area (Å²) >= 11 is 0. The summed E-state index contributed by atoms with van der Waals surface area (Å²) in [5, 5.41) is 6.85. The summed E-state index contributed by atoms with van der Waals surface area (Å²) in [5.41, 5.74) is 4.38. The Labute approximate surface area is 207 Å². The predicted octanol–water partition coefficient (Wildman–Crippen LogP) is 4.77. The van der Waals surface area contributed by atoms with Gasteiger partial charge in [0.15, 0.2) is 5.96 Å². The highest BCUT2D eigenvalue weighted by molar-refractivity contribution is 14.0. The van der Waals surface area contributed by atoms with Crippen molar-refractivity contribution in [3.05, 3.63) is 77.7 Å². The molecule has 170 valence electrons. The van der Waals surface area contributed by atoms with Crippen LogP contribution in [0.15, 0.2) is 70.3 Å². The lowest BCUT2D eigenvalue weighted by Gasteiger charge is -2.28. The molecule has 0 saturated carbocycles. The van der Waals surface area contributed by atoms with Gasteiger partial charge in [-0.05, 0) is 50.6 Å². The molecule has 1 fully saturated rings. The quantitative estimate of drug-likeness (QED) is 0.255. The molecule has 0 radical (unpaired) electrons. The fourth-order valence-electron chi connectivity index (χ4n) is 3.99. The third-order valence-corrected chi connectivity index (χ3v) is 5.74. The maximum atomic E-state index is 5.66. The first-order valence-electron chi connectivity index (χ1n) is 11.0. The van der Waals surface area contributed by atoms with Crippen LogP contribution >= 0.6 is 24.0 Å². The molecule has 1 atom stereocenters. The van der Waals surface area contributed by atoms with Crippen molar-refractivity contribution >= 4 is 29.9 Å². The number of benzene rings is 2. The summed E-state index contributed by atoms with van der Waals surface area (Å²) < 4.78 is 5.66. The molecular weight excluding hydrogens is 513 g/mol. The molecule has 1 unspecified atom stereocenters. The van der Waals surface area contributed by atoms with Gasteiger partial charge in [0.05, 0.1) is 18.3 Å². The zero-order chi connectivity index (χ0) is 21.5. The van der Waals surface area contributed by atoms with E-state index in [4.69, 9.17) is 4.42 Å². The summed E-state index contributed by atoms with van der Waals surface area (Å²) in [4.78, 5) is 11.5. The number of aliphatic imine (C=N–C) groups is 1. The van der Waals surface area contributed by atoms with Crippen LogP contribution in [0.25, 0.3) is 11.5 Å². The predicted molar refractivity (Wildman–Crippen MR) is 140 cm³/mol. The molecule has 2 aromatic carbocycles. The number of aryl methyl sites for hydroxylation is 1. The molecule has 2 heterocycles. The van der Waals surface area contributed by atoms with Gasteiger partial charge in [-0.3, -0.25) is 9.89 Å². The van der Waals surface area contributed by atoms with E-state index in [1.54, 1.807) is 13.3 Å². The fraction of sp³-hybridized carbons (Fsp3) is 0.360. The van der Waals surface area contributed by atoms with Gasteiger partial charge in [-0.2, -0.15) is 0 Å². The zero-order valence-electron chi connectivity index (χ0n) is 18.8. The van der Waals surface area contributed by atoms with Gasteiger partial charge in [0.25, 0.3) is 0 Å². The molecular formula is C25H32IN5O. The smallest absolute Gasteiger partial charge is 0.226 e. The van der Waals surface area contributed by atoms with Crippen molar-refractivity contribution in [2.75, 3.05) is 26.7 Å². The Morgan fingerprint density at radius 3 is 2.47 bits per heavy atom. The lowest BCUT2D eigenvalue weighted by atomic mass is 10.1. The highest BCUT2D eigenvalue weighted by Crippen LogP contribution is 2.24. The minimum atomic E-state index is 0. The van der Waals surface area contributed by atoms with Crippen molar-refractivity contribution < 1.29 is 4.42 Å². The highest BCUT2D eigenvalue weighted by atomic mass is 127. The maximum Gasteiger partial charge on any atom is 0.226 e. The number of rotatable bonds is 7. The second-order valence-corrected chi connectivity index (χ2v) is 7.99. The maximum absolute atomic E-state index is 5.66. The van der Waals surface area contributed by atoms with E-state index in [1.807, 2.05) is 12.1 Å². The van der Waals surface area contributed by atoms with Crippen LogP contribution in [0.2, 0.25) is 0 Å². The van der Waals surface area contributed by atoms with E-state index in [1.165, 1.54) is 24.0 Å². The number of aromatic nitrogens is 1. The van der Waals surface area contributed by atoms with Crippen molar-refractivity contribution in [1.82, 2.24) is 20.5 Å². The lowest BCUT2D eigenvalue weighted by molar-refractivity contribution is 0.245. The standard InChI is InChI=1S/C25H31N5O.HI/c1-19-10-12-21(13-11-19)24-29-22(18-31-24)16-27-25(26-2)28-17-23(30-14-6-7-15-30)20-8-4-3-5-9-20;/h3-5,8-13,18,23H,6-7,14-17H2,1-2H3,(H2,26,27,28);1H. The summed E-state index contributed by atoms with van der Waals surface area (Å²) in [7, 11) is 1.79. The van der Waals surface area contributed by atoms with E-state index < -0.39 is 0 Å². The van der Waals surface area contributed by atoms with E-state index in [2.05, 4.69) is 74.9 Å². The number of nitrogens with one attached hydrogen (secondary N) is 2. The van der Waals surface area contributed by atoms with Gasteiger partial charge >= 0.3 is 0 Å². The molecule has 0 bridgehead atoms. The number of guanidine groups is 1. The van der Waals surface area contributed by atoms with Crippen molar-refractivity contribution in [1.29, 1.82) is 0 Å². The Hall–Kier alpha value is -2.39. The highest BCUT2D eigenvalue weighted by Gasteiger charge is 2.23. The molecule has 32 heavy (non-hydrogen) atoms. The normalized spacial score (nSPS) is 15.2. The third-order valence-electron chi connectivity index (χ3n) is 5.74. The van der Waals surface area contributed by atoms with E-state index in [9.17, 15) is 0 Å². The summed E-state index contributed by atoms with van der Waals surface area (Å²) in [5.74, 6) is 1.40. The second-order valence-electron chi connectivity index (χ2n) is 7.99. The van der Waals surface area contributed by atoms with Crippen molar-refractivity contribution in [3.63, 3.8) is 0 Å². The second kappa shape index (κ2) is 12.0. The van der Waals surface area contributed by atoms with Crippen LogP contribution in [0.5, 0.6) is 0 Å². The summed E-state index contributed by atoms with van der Waals surface area (Å²) in [6, 6.07) is 19.2. The lowest BCUT2D eigenvalue weighted by Crippen LogP contribution is -2.42. The van der Waals surface area contributed by atoms with E-state index in [0.717, 1.165) is 36.9 Å². The van der Waals surface area contributed by atoms with Gasteiger partial charge in [0.1, 0.15) is 6.26 Å². The minimum Gasteiger partial charge on any atom is -0.444 e. The van der Waals surface area contributed by atoms with Crippen LogP contribution in [-0.2, 0) is 6.54 Å². The topological polar surface area (TPSA) is 65.7 Å². The fourth-order valence-corrected chi connectivity index (χ4v) is 3.99. The van der Waals surface area contributed by atoms with Gasteiger partial charge in [-0.15, -0.1) is 24.0 Å². The Morgan fingerprint density at radius 2 is 1.78 bits per heavy atom. The number of hydrogen-bond acceptors (Lipinski definition) is 4. The molecule has 6 nitrogen and oxygen atoms in total. The first-order chi connectivity index (χ1) is 15.2. The molecule has 1 saturated heterocycles. The average molecular weight is 545 g/mol. The van der Waals surface area contributed by atoms with Crippen molar-refractivity contribution in [2.45, 2.75) is 32.4 Å². The van der Waals surface area contributed by atoms with Gasteiger partial charge < -0.3 is 15.1 Å². The number of oxazole rings is 1. The molecule has 1 aliphatic heterocycles. The summed E-state index contributed by atoms with van der Waals surface area (Å²) in [6.07, 6.45) is 4.24. The molecule has 4 rings (SSSR count). The van der Waals surface area contributed by atoms with E-state index in [0.29, 0.717) is 18.5 Å². The summed E-state index contributed by atoms with van der Waals surface area (Å²) in [6.45, 7) is 5.72. The number of likely N-dealkylation sites (tertiary alicyclic amines) is 1.